The normalized spacial score (nSPS) is 16.9. The molecule has 0 bridgehead atoms. The van der Waals surface area contributed by atoms with Gasteiger partial charge in [0.05, 0.1) is 11.7 Å². The molecule has 1 aliphatic heterocycles. The average molecular weight is 378 g/mol. The predicted octanol–water partition coefficient (Wildman–Crippen LogP) is 3.28. The van der Waals surface area contributed by atoms with Gasteiger partial charge < -0.3 is 9.84 Å². The molecule has 0 radical (unpaired) electrons. The quantitative estimate of drug-likeness (QED) is 0.738. The van der Waals surface area contributed by atoms with Gasteiger partial charge in [-0.05, 0) is 25.3 Å². The maximum absolute atomic E-state index is 12.8. The zero-order valence-corrected chi connectivity index (χ0v) is 16.4. The van der Waals surface area contributed by atoms with Crippen LogP contribution in [0.4, 0.5) is 5.69 Å². The largest absolute Gasteiger partial charge is 0.361 e. The van der Waals surface area contributed by atoms with E-state index in [4.69, 9.17) is 4.52 Å². The van der Waals surface area contributed by atoms with E-state index in [1.807, 2.05) is 50.2 Å². The van der Waals surface area contributed by atoms with Crippen LogP contribution in [0.1, 0.15) is 18.4 Å². The second-order valence-electron chi connectivity index (χ2n) is 7.43. The molecule has 2 heterocycles. The van der Waals surface area contributed by atoms with E-state index in [2.05, 4.69) is 32.4 Å². The SMILES string of the molecule is Cc1cc(CN2CCN([C@H](C)C(=O)Nc3cccc4ccccc34)CC2)no1. The molecule has 4 rings (SSSR count). The summed E-state index contributed by atoms with van der Waals surface area (Å²) in [6, 6.07) is 15.9. The summed E-state index contributed by atoms with van der Waals surface area (Å²) in [5, 5.41) is 9.39. The van der Waals surface area contributed by atoms with Gasteiger partial charge in [0.15, 0.2) is 0 Å². The molecular weight excluding hydrogens is 352 g/mol. The standard InChI is InChI=1S/C22H26N4O2/c1-16-14-19(24-28-16)15-25-10-12-26(13-11-25)17(2)22(27)23-21-9-5-7-18-6-3-4-8-20(18)21/h3-9,14,17H,10-13,15H2,1-2H3,(H,23,27)/t17-/m1/s1. The zero-order chi connectivity index (χ0) is 19.5. The monoisotopic (exact) mass is 378 g/mol. The van der Waals surface area contributed by atoms with E-state index < -0.39 is 0 Å². The van der Waals surface area contributed by atoms with Gasteiger partial charge in [0.25, 0.3) is 0 Å². The Morgan fingerprint density at radius 1 is 1.14 bits per heavy atom. The van der Waals surface area contributed by atoms with Crippen molar-refractivity contribution in [3.8, 4) is 0 Å². The zero-order valence-electron chi connectivity index (χ0n) is 16.4. The number of nitrogens with zero attached hydrogens (tertiary/aromatic N) is 3. The first kappa shape index (κ1) is 18.7. The lowest BCUT2D eigenvalue weighted by atomic mass is 10.1. The average Bonchev–Trinajstić information content (AvgIpc) is 3.13. The van der Waals surface area contributed by atoms with Crippen LogP contribution in [0.3, 0.4) is 0 Å². The Balaban J connectivity index is 1.34. The van der Waals surface area contributed by atoms with E-state index in [-0.39, 0.29) is 11.9 Å². The first-order valence-corrected chi connectivity index (χ1v) is 9.77. The molecule has 1 aromatic heterocycles. The van der Waals surface area contributed by atoms with Gasteiger partial charge in [-0.25, -0.2) is 0 Å². The lowest BCUT2D eigenvalue weighted by molar-refractivity contribution is -0.121. The number of aromatic nitrogens is 1. The summed E-state index contributed by atoms with van der Waals surface area (Å²) in [5.41, 5.74) is 1.84. The van der Waals surface area contributed by atoms with Gasteiger partial charge in [-0.2, -0.15) is 0 Å². The highest BCUT2D eigenvalue weighted by Gasteiger charge is 2.26. The number of fused-ring (bicyclic) bond motifs is 1. The topological polar surface area (TPSA) is 61.6 Å². The van der Waals surface area contributed by atoms with Crippen LogP contribution in [0, 0.1) is 6.92 Å². The second kappa shape index (κ2) is 8.12. The van der Waals surface area contributed by atoms with Crippen molar-refractivity contribution in [2.45, 2.75) is 26.4 Å². The maximum Gasteiger partial charge on any atom is 0.241 e. The van der Waals surface area contributed by atoms with Crippen LogP contribution in [0.25, 0.3) is 10.8 Å². The molecule has 6 heteroatoms. The minimum absolute atomic E-state index is 0.0388. The molecule has 6 nitrogen and oxygen atoms in total. The van der Waals surface area contributed by atoms with Gasteiger partial charge in [-0.1, -0.05) is 41.6 Å². The van der Waals surface area contributed by atoms with Crippen molar-refractivity contribution in [3.05, 3.63) is 60.0 Å². The van der Waals surface area contributed by atoms with Crippen LogP contribution in [0.2, 0.25) is 0 Å². The Morgan fingerprint density at radius 3 is 2.64 bits per heavy atom. The molecule has 3 aromatic rings. The molecule has 1 saturated heterocycles. The van der Waals surface area contributed by atoms with E-state index in [1.54, 1.807) is 0 Å². The minimum Gasteiger partial charge on any atom is -0.361 e. The molecule has 146 valence electrons. The van der Waals surface area contributed by atoms with Crippen molar-refractivity contribution >= 4 is 22.4 Å². The predicted molar refractivity (Wildman–Crippen MR) is 110 cm³/mol. The number of nitrogens with one attached hydrogen (secondary N) is 1. The van der Waals surface area contributed by atoms with Crippen LogP contribution in [0.15, 0.2) is 53.1 Å². The van der Waals surface area contributed by atoms with Gasteiger partial charge in [0.2, 0.25) is 5.91 Å². The highest BCUT2D eigenvalue weighted by atomic mass is 16.5. The molecule has 0 spiro atoms. The minimum atomic E-state index is -0.171. The van der Waals surface area contributed by atoms with E-state index >= 15 is 0 Å². The van der Waals surface area contributed by atoms with Gasteiger partial charge in [-0.15, -0.1) is 0 Å². The fourth-order valence-corrected chi connectivity index (χ4v) is 3.77. The smallest absolute Gasteiger partial charge is 0.241 e. The number of piperazine rings is 1. The summed E-state index contributed by atoms with van der Waals surface area (Å²) in [6.07, 6.45) is 0. The van der Waals surface area contributed by atoms with Crippen molar-refractivity contribution in [3.63, 3.8) is 0 Å². The number of benzene rings is 2. The number of hydrogen-bond acceptors (Lipinski definition) is 5. The van der Waals surface area contributed by atoms with Crippen molar-refractivity contribution in [1.82, 2.24) is 15.0 Å². The molecule has 0 saturated carbocycles. The summed E-state index contributed by atoms with van der Waals surface area (Å²) in [6.45, 7) is 8.24. The molecule has 28 heavy (non-hydrogen) atoms. The fraction of sp³-hybridized carbons (Fsp3) is 0.364. The lowest BCUT2D eigenvalue weighted by Gasteiger charge is -2.37. The van der Waals surface area contributed by atoms with E-state index in [1.165, 1.54) is 0 Å². The Morgan fingerprint density at radius 2 is 1.89 bits per heavy atom. The van der Waals surface area contributed by atoms with Gasteiger partial charge in [-0.3, -0.25) is 14.6 Å². The van der Waals surface area contributed by atoms with Crippen molar-refractivity contribution < 1.29 is 9.32 Å². The number of rotatable bonds is 5. The number of amides is 1. The van der Waals surface area contributed by atoms with Crippen LogP contribution < -0.4 is 5.32 Å². The van der Waals surface area contributed by atoms with E-state index in [0.29, 0.717) is 0 Å². The molecule has 1 atom stereocenters. The molecule has 1 fully saturated rings. The van der Waals surface area contributed by atoms with E-state index in [0.717, 1.165) is 60.6 Å². The van der Waals surface area contributed by atoms with Gasteiger partial charge in [0, 0.05) is 49.9 Å². The molecule has 0 aliphatic carbocycles. The van der Waals surface area contributed by atoms with E-state index in [9.17, 15) is 4.79 Å². The Labute approximate surface area is 165 Å². The fourth-order valence-electron chi connectivity index (χ4n) is 3.77. The first-order valence-electron chi connectivity index (χ1n) is 9.77. The highest BCUT2D eigenvalue weighted by Crippen LogP contribution is 2.23. The van der Waals surface area contributed by atoms with Crippen LogP contribution in [0.5, 0.6) is 0 Å². The molecule has 2 aromatic carbocycles. The maximum atomic E-state index is 12.8. The molecule has 0 unspecified atom stereocenters. The van der Waals surface area contributed by atoms with Crippen LogP contribution in [-0.2, 0) is 11.3 Å². The summed E-state index contributed by atoms with van der Waals surface area (Å²) in [4.78, 5) is 17.4. The molecule has 1 amide bonds. The Kier molecular flexibility index (Phi) is 5.41. The number of carbonyl (C=O) groups is 1. The highest BCUT2D eigenvalue weighted by molar-refractivity contribution is 6.03. The Hall–Kier alpha value is -2.70. The van der Waals surface area contributed by atoms with Crippen molar-refractivity contribution in [2.75, 3.05) is 31.5 Å². The third-order valence-electron chi connectivity index (χ3n) is 5.44. The summed E-state index contributed by atoms with van der Waals surface area (Å²) in [7, 11) is 0. The second-order valence-corrected chi connectivity index (χ2v) is 7.43. The first-order chi connectivity index (χ1) is 13.6. The summed E-state index contributed by atoms with van der Waals surface area (Å²) >= 11 is 0. The number of hydrogen-bond donors (Lipinski definition) is 1. The Bertz CT molecular complexity index is 955. The molecule has 1 aliphatic rings. The van der Waals surface area contributed by atoms with Crippen LogP contribution in [-0.4, -0.2) is 53.1 Å². The lowest BCUT2D eigenvalue weighted by Crippen LogP contribution is -2.52. The summed E-state index contributed by atoms with van der Waals surface area (Å²) < 4.78 is 5.14. The summed E-state index contributed by atoms with van der Waals surface area (Å²) in [5.74, 6) is 0.879. The van der Waals surface area contributed by atoms with Crippen LogP contribution >= 0.6 is 0 Å². The third kappa shape index (κ3) is 4.08. The molecule has 1 N–H and O–H groups in total. The van der Waals surface area contributed by atoms with Gasteiger partial charge >= 0.3 is 0 Å². The third-order valence-corrected chi connectivity index (χ3v) is 5.44. The number of aryl methyl sites for hydroxylation is 1. The number of carbonyl (C=O) groups excluding carboxylic acids is 1. The molecular formula is C22H26N4O2. The van der Waals surface area contributed by atoms with Crippen molar-refractivity contribution in [2.24, 2.45) is 0 Å². The number of anilines is 1. The van der Waals surface area contributed by atoms with Gasteiger partial charge in [0.1, 0.15) is 5.76 Å². The van der Waals surface area contributed by atoms with Crippen molar-refractivity contribution in [1.29, 1.82) is 0 Å².